The summed E-state index contributed by atoms with van der Waals surface area (Å²) in [5, 5.41) is 4.10. The molecule has 0 N–H and O–H groups in total. The molecule has 2 heterocycles. The van der Waals surface area contributed by atoms with Crippen molar-refractivity contribution in [3.05, 3.63) is 30.4 Å². The van der Waals surface area contributed by atoms with Gasteiger partial charge in [-0.15, -0.1) is 0 Å². The van der Waals surface area contributed by atoms with Crippen molar-refractivity contribution in [1.29, 1.82) is 0 Å². The van der Waals surface area contributed by atoms with Crippen LogP contribution in [0.4, 0.5) is 0 Å². The summed E-state index contributed by atoms with van der Waals surface area (Å²) in [5.74, 6) is 0.635. The molecule has 0 unspecified atom stereocenters. The molecule has 0 fully saturated rings. The van der Waals surface area contributed by atoms with E-state index in [1.807, 2.05) is 20.9 Å². The molecule has 0 radical (unpaired) electrons. The minimum Gasteiger partial charge on any atom is -0.340 e. The number of rotatable bonds is 4. The molecule has 0 spiro atoms. The van der Waals surface area contributed by atoms with E-state index in [-0.39, 0.29) is 18.2 Å². The molecule has 6 heteroatoms. The number of hydrogen-bond acceptors (Lipinski definition) is 4. The summed E-state index contributed by atoms with van der Waals surface area (Å²) in [6, 6.07) is 0.198. The van der Waals surface area contributed by atoms with Crippen molar-refractivity contribution in [2.45, 2.75) is 26.3 Å². The number of nitrogens with zero attached hydrogens (tertiary/aromatic N) is 5. The van der Waals surface area contributed by atoms with E-state index in [1.54, 1.807) is 21.8 Å². The van der Waals surface area contributed by atoms with Gasteiger partial charge >= 0.3 is 0 Å². The van der Waals surface area contributed by atoms with E-state index in [4.69, 9.17) is 0 Å². The molecule has 0 bridgehead atoms. The van der Waals surface area contributed by atoms with Gasteiger partial charge in [0.05, 0.1) is 12.7 Å². The zero-order valence-electron chi connectivity index (χ0n) is 10.2. The van der Waals surface area contributed by atoms with Crippen LogP contribution in [0.15, 0.2) is 18.9 Å². The van der Waals surface area contributed by atoms with Gasteiger partial charge in [-0.05, 0) is 13.8 Å². The number of aryl methyl sites for hydroxylation is 1. The smallest absolute Gasteiger partial charge is 0.190 e. The highest BCUT2D eigenvalue weighted by atomic mass is 16.1. The Bertz CT molecular complexity index is 525. The first-order valence-corrected chi connectivity index (χ1v) is 5.47. The lowest BCUT2D eigenvalue weighted by molar-refractivity contribution is 0.0984. The van der Waals surface area contributed by atoms with Gasteiger partial charge < -0.3 is 4.57 Å². The number of ketones is 1. The first kappa shape index (κ1) is 11.5. The number of aromatic nitrogens is 5. The first-order valence-electron chi connectivity index (χ1n) is 5.47. The SMILES string of the molecule is CC(C)n1ncnc1CC(=O)c1cn(C)cn1. The van der Waals surface area contributed by atoms with Gasteiger partial charge in [0.25, 0.3) is 0 Å². The summed E-state index contributed by atoms with van der Waals surface area (Å²) >= 11 is 0. The second-order valence-corrected chi connectivity index (χ2v) is 4.24. The maximum Gasteiger partial charge on any atom is 0.190 e. The number of carbonyl (C=O) groups is 1. The van der Waals surface area contributed by atoms with E-state index < -0.39 is 0 Å². The van der Waals surface area contributed by atoms with Gasteiger partial charge in [0.2, 0.25) is 0 Å². The number of Topliss-reactive ketones (excluding diaryl/α,β-unsaturated/α-hetero) is 1. The molecule has 2 aromatic heterocycles. The van der Waals surface area contributed by atoms with E-state index >= 15 is 0 Å². The molecule has 0 atom stereocenters. The molecular formula is C11H15N5O. The van der Waals surface area contributed by atoms with E-state index in [2.05, 4.69) is 15.1 Å². The largest absolute Gasteiger partial charge is 0.340 e. The highest BCUT2D eigenvalue weighted by Crippen LogP contribution is 2.08. The average Bonchev–Trinajstić information content (AvgIpc) is 2.86. The molecule has 17 heavy (non-hydrogen) atoms. The lowest BCUT2D eigenvalue weighted by Crippen LogP contribution is -2.13. The fraction of sp³-hybridized carbons (Fsp3) is 0.455. The van der Waals surface area contributed by atoms with Crippen LogP contribution in [-0.2, 0) is 13.5 Å². The van der Waals surface area contributed by atoms with Gasteiger partial charge in [0, 0.05) is 19.3 Å². The second-order valence-electron chi connectivity index (χ2n) is 4.24. The Kier molecular flexibility index (Phi) is 3.03. The van der Waals surface area contributed by atoms with Crippen LogP contribution in [0.1, 0.15) is 36.2 Å². The Labute approximate surface area is 99.3 Å². The van der Waals surface area contributed by atoms with Crippen LogP contribution in [0.2, 0.25) is 0 Å². The Morgan fingerprint density at radius 1 is 1.41 bits per heavy atom. The molecule has 90 valence electrons. The standard InChI is InChI=1S/C11H15N5O/c1-8(2)16-11(12-6-14-16)4-10(17)9-5-15(3)7-13-9/h5-8H,4H2,1-3H3. The molecular weight excluding hydrogens is 218 g/mol. The highest BCUT2D eigenvalue weighted by molar-refractivity contribution is 5.95. The van der Waals surface area contributed by atoms with E-state index in [1.165, 1.54) is 6.33 Å². The van der Waals surface area contributed by atoms with Crippen molar-refractivity contribution in [3.63, 3.8) is 0 Å². The van der Waals surface area contributed by atoms with E-state index in [0.717, 1.165) is 0 Å². The zero-order chi connectivity index (χ0) is 12.4. The normalized spacial score (nSPS) is 11.1. The lowest BCUT2D eigenvalue weighted by atomic mass is 10.2. The van der Waals surface area contributed by atoms with Crippen LogP contribution in [0.3, 0.4) is 0 Å². The maximum atomic E-state index is 11.9. The fourth-order valence-electron chi connectivity index (χ4n) is 1.62. The number of imidazole rings is 1. The third-order valence-electron chi connectivity index (χ3n) is 2.45. The first-order chi connectivity index (χ1) is 8.08. The van der Waals surface area contributed by atoms with Crippen LogP contribution in [0.5, 0.6) is 0 Å². The van der Waals surface area contributed by atoms with Gasteiger partial charge in [-0.3, -0.25) is 4.79 Å². The molecule has 0 saturated heterocycles. The Morgan fingerprint density at radius 2 is 2.18 bits per heavy atom. The molecule has 0 aliphatic carbocycles. The van der Waals surface area contributed by atoms with Crippen LogP contribution in [-0.4, -0.2) is 30.1 Å². The quantitative estimate of drug-likeness (QED) is 0.739. The molecule has 0 amide bonds. The van der Waals surface area contributed by atoms with Crippen LogP contribution >= 0.6 is 0 Å². The van der Waals surface area contributed by atoms with Crippen LogP contribution in [0, 0.1) is 0 Å². The van der Waals surface area contributed by atoms with Crippen LogP contribution < -0.4 is 0 Å². The summed E-state index contributed by atoms with van der Waals surface area (Å²) in [6.45, 7) is 4.01. The van der Waals surface area contributed by atoms with Crippen molar-refractivity contribution < 1.29 is 4.79 Å². The fourth-order valence-corrected chi connectivity index (χ4v) is 1.62. The Hall–Kier alpha value is -1.98. The van der Waals surface area contributed by atoms with Crippen molar-refractivity contribution in [2.75, 3.05) is 0 Å². The minimum absolute atomic E-state index is 0.0412. The van der Waals surface area contributed by atoms with Gasteiger partial charge in [-0.2, -0.15) is 5.10 Å². The lowest BCUT2D eigenvalue weighted by Gasteiger charge is -2.07. The topological polar surface area (TPSA) is 65.6 Å². The van der Waals surface area contributed by atoms with Crippen molar-refractivity contribution in [2.24, 2.45) is 7.05 Å². The van der Waals surface area contributed by atoms with Gasteiger partial charge in [0.1, 0.15) is 17.8 Å². The zero-order valence-corrected chi connectivity index (χ0v) is 10.2. The predicted octanol–water partition coefficient (Wildman–Crippen LogP) is 1.02. The highest BCUT2D eigenvalue weighted by Gasteiger charge is 2.15. The number of hydrogen-bond donors (Lipinski definition) is 0. The number of carbonyl (C=O) groups excluding carboxylic acids is 1. The summed E-state index contributed by atoms with van der Waals surface area (Å²) in [4.78, 5) is 20.1. The third-order valence-corrected chi connectivity index (χ3v) is 2.45. The average molecular weight is 233 g/mol. The third kappa shape index (κ3) is 2.41. The van der Waals surface area contributed by atoms with E-state index in [9.17, 15) is 4.79 Å². The molecule has 2 rings (SSSR count). The van der Waals surface area contributed by atoms with Crippen LogP contribution in [0.25, 0.3) is 0 Å². The van der Waals surface area contributed by atoms with Crippen molar-refractivity contribution in [1.82, 2.24) is 24.3 Å². The van der Waals surface area contributed by atoms with E-state index in [0.29, 0.717) is 11.5 Å². The summed E-state index contributed by atoms with van der Waals surface area (Å²) in [5.41, 5.74) is 0.464. The van der Waals surface area contributed by atoms with Gasteiger partial charge in [-0.25, -0.2) is 14.6 Å². The Morgan fingerprint density at radius 3 is 2.76 bits per heavy atom. The Balaban J connectivity index is 2.16. The minimum atomic E-state index is -0.0412. The van der Waals surface area contributed by atoms with Crippen molar-refractivity contribution in [3.8, 4) is 0 Å². The summed E-state index contributed by atoms with van der Waals surface area (Å²) in [7, 11) is 1.83. The van der Waals surface area contributed by atoms with Crippen molar-refractivity contribution >= 4 is 5.78 Å². The predicted molar refractivity (Wildman–Crippen MR) is 61.6 cm³/mol. The molecule has 0 aliphatic heterocycles. The molecule has 2 aromatic rings. The molecule has 0 saturated carbocycles. The molecule has 6 nitrogen and oxygen atoms in total. The molecule has 0 aromatic carbocycles. The van der Waals surface area contributed by atoms with Gasteiger partial charge in [0.15, 0.2) is 5.78 Å². The second kappa shape index (κ2) is 4.48. The van der Waals surface area contributed by atoms with Gasteiger partial charge in [-0.1, -0.05) is 0 Å². The monoisotopic (exact) mass is 233 g/mol. The maximum absolute atomic E-state index is 11.9. The summed E-state index contributed by atoms with van der Waals surface area (Å²) in [6.07, 6.45) is 5.02. The molecule has 0 aliphatic rings. The summed E-state index contributed by atoms with van der Waals surface area (Å²) < 4.78 is 3.50.